The average molecular weight is 172 g/mol. The zero-order valence-electron chi connectivity index (χ0n) is 5.84. The zero-order valence-corrected chi connectivity index (χ0v) is 6.66. The normalized spacial score (nSPS) is 11.3. The highest BCUT2D eigenvalue weighted by Gasteiger charge is 2.08. The van der Waals surface area contributed by atoms with Gasteiger partial charge in [0.2, 0.25) is 10.0 Å². The molecule has 1 rings (SSSR count). The van der Waals surface area contributed by atoms with Gasteiger partial charge in [0.25, 0.3) is 0 Å². The highest BCUT2D eigenvalue weighted by molar-refractivity contribution is 7.90. The molecular weight excluding hydrogens is 164 g/mol. The third kappa shape index (κ3) is 1.68. The molecule has 0 aromatic carbocycles. The Morgan fingerprint density at radius 3 is 2.82 bits per heavy atom. The number of imidazole rings is 1. The lowest BCUT2D eigenvalue weighted by molar-refractivity contribution is 0.590. The molecule has 0 fully saturated rings. The van der Waals surface area contributed by atoms with Crippen LogP contribution >= 0.6 is 0 Å². The molecule has 5 heteroatoms. The lowest BCUT2D eigenvalue weighted by Crippen LogP contribution is -2.12. The molecule has 0 atom stereocenters. The van der Waals surface area contributed by atoms with E-state index in [9.17, 15) is 8.42 Å². The summed E-state index contributed by atoms with van der Waals surface area (Å²) < 4.78 is 23.4. The van der Waals surface area contributed by atoms with Crippen molar-refractivity contribution < 1.29 is 8.42 Å². The molecule has 0 amide bonds. The van der Waals surface area contributed by atoms with Gasteiger partial charge in [0, 0.05) is 12.4 Å². The first-order chi connectivity index (χ1) is 5.17. The second-order valence-electron chi connectivity index (χ2n) is 1.96. The Kier molecular flexibility index (Phi) is 2.09. The molecular formula is C6H8N2O2S. The second-order valence-corrected chi connectivity index (χ2v) is 3.88. The monoisotopic (exact) mass is 172 g/mol. The van der Waals surface area contributed by atoms with Crippen LogP contribution in [0.2, 0.25) is 0 Å². The number of hydrogen-bond donors (Lipinski definition) is 0. The average Bonchev–Trinajstić information content (AvgIpc) is 2.37. The van der Waals surface area contributed by atoms with E-state index >= 15 is 0 Å². The van der Waals surface area contributed by atoms with Crippen LogP contribution in [0.1, 0.15) is 0 Å². The van der Waals surface area contributed by atoms with Gasteiger partial charge in [0.1, 0.15) is 6.33 Å². The van der Waals surface area contributed by atoms with Gasteiger partial charge in [-0.1, -0.05) is 6.08 Å². The van der Waals surface area contributed by atoms with Gasteiger partial charge < -0.3 is 0 Å². The van der Waals surface area contributed by atoms with Crippen LogP contribution in [-0.4, -0.2) is 23.1 Å². The molecule has 0 aliphatic rings. The Hall–Kier alpha value is -1.10. The number of aromatic nitrogens is 2. The van der Waals surface area contributed by atoms with Crippen LogP contribution in [0, 0.1) is 0 Å². The molecule has 0 spiro atoms. The van der Waals surface area contributed by atoms with E-state index in [0.29, 0.717) is 0 Å². The van der Waals surface area contributed by atoms with Gasteiger partial charge in [-0.2, -0.15) is 0 Å². The van der Waals surface area contributed by atoms with E-state index in [0.717, 1.165) is 3.97 Å². The number of hydrogen-bond acceptors (Lipinski definition) is 3. The Morgan fingerprint density at radius 1 is 1.64 bits per heavy atom. The summed E-state index contributed by atoms with van der Waals surface area (Å²) in [4.78, 5) is 3.62. The molecule has 0 saturated heterocycles. The van der Waals surface area contributed by atoms with E-state index in [4.69, 9.17) is 0 Å². The zero-order chi connectivity index (χ0) is 8.32. The Labute approximate surface area is 65.2 Å². The molecule has 0 aliphatic carbocycles. The molecule has 0 bridgehead atoms. The first kappa shape index (κ1) is 8.00. The van der Waals surface area contributed by atoms with Crippen LogP contribution in [0.15, 0.2) is 31.4 Å². The maximum atomic E-state index is 11.1. The third-order valence-corrected chi connectivity index (χ3v) is 2.65. The molecule has 4 nitrogen and oxygen atoms in total. The molecule has 60 valence electrons. The predicted octanol–water partition coefficient (Wildman–Crippen LogP) is 0.247. The topological polar surface area (TPSA) is 52.0 Å². The summed E-state index contributed by atoms with van der Waals surface area (Å²) in [7, 11) is -3.23. The van der Waals surface area contributed by atoms with E-state index < -0.39 is 10.0 Å². The van der Waals surface area contributed by atoms with Gasteiger partial charge in [-0.15, -0.1) is 6.58 Å². The van der Waals surface area contributed by atoms with Crippen molar-refractivity contribution in [3.05, 3.63) is 31.4 Å². The summed E-state index contributed by atoms with van der Waals surface area (Å²) in [6.45, 7) is 3.34. The SMILES string of the molecule is C=CCS(=O)(=O)n1ccnc1. The smallest absolute Gasteiger partial charge is 0.243 e. The van der Waals surface area contributed by atoms with Crippen LogP contribution in [0.4, 0.5) is 0 Å². The largest absolute Gasteiger partial charge is 0.244 e. The van der Waals surface area contributed by atoms with Crippen molar-refractivity contribution in [2.45, 2.75) is 0 Å². The van der Waals surface area contributed by atoms with Gasteiger partial charge in [-0.3, -0.25) is 0 Å². The summed E-state index contributed by atoms with van der Waals surface area (Å²) >= 11 is 0. The van der Waals surface area contributed by atoms with Crippen LogP contribution in [0.5, 0.6) is 0 Å². The predicted molar refractivity (Wildman–Crippen MR) is 41.6 cm³/mol. The van der Waals surface area contributed by atoms with Crippen molar-refractivity contribution in [3.63, 3.8) is 0 Å². The third-order valence-electron chi connectivity index (χ3n) is 1.13. The summed E-state index contributed by atoms with van der Waals surface area (Å²) in [6, 6.07) is 0. The Balaban J connectivity index is 3.01. The van der Waals surface area contributed by atoms with E-state index in [1.165, 1.54) is 24.8 Å². The van der Waals surface area contributed by atoms with Gasteiger partial charge in [0.15, 0.2) is 0 Å². The van der Waals surface area contributed by atoms with Crippen molar-refractivity contribution in [1.82, 2.24) is 8.96 Å². The Bertz CT molecular complexity index is 325. The number of rotatable bonds is 3. The second kappa shape index (κ2) is 2.87. The molecule has 0 aliphatic heterocycles. The van der Waals surface area contributed by atoms with Gasteiger partial charge in [0.05, 0.1) is 5.75 Å². The fourth-order valence-corrected chi connectivity index (χ4v) is 1.55. The van der Waals surface area contributed by atoms with E-state index in [-0.39, 0.29) is 5.75 Å². The van der Waals surface area contributed by atoms with Crippen molar-refractivity contribution in [3.8, 4) is 0 Å². The standard InChI is InChI=1S/C6H8N2O2S/c1-2-5-11(9,10)8-4-3-7-6-8/h2-4,6H,1,5H2. The van der Waals surface area contributed by atoms with Crippen molar-refractivity contribution >= 4 is 10.0 Å². The lowest BCUT2D eigenvalue weighted by Gasteiger charge is -1.98. The highest BCUT2D eigenvalue weighted by Crippen LogP contribution is 1.95. The fraction of sp³-hybridized carbons (Fsp3) is 0.167. The van der Waals surface area contributed by atoms with Crippen molar-refractivity contribution in [2.24, 2.45) is 0 Å². The minimum atomic E-state index is -3.23. The summed E-state index contributed by atoms with van der Waals surface area (Å²) in [5, 5.41) is 0. The van der Waals surface area contributed by atoms with Gasteiger partial charge in [-0.25, -0.2) is 17.4 Å². The summed E-state index contributed by atoms with van der Waals surface area (Å²) in [5.41, 5.74) is 0. The molecule has 1 aromatic heterocycles. The lowest BCUT2D eigenvalue weighted by atomic mass is 10.8. The summed E-state index contributed by atoms with van der Waals surface area (Å²) in [5.74, 6) is -0.0661. The molecule has 0 saturated carbocycles. The van der Waals surface area contributed by atoms with Gasteiger partial charge >= 0.3 is 0 Å². The number of nitrogens with zero attached hydrogens (tertiary/aromatic N) is 2. The van der Waals surface area contributed by atoms with E-state index in [1.807, 2.05) is 0 Å². The molecule has 0 radical (unpaired) electrons. The Morgan fingerprint density at radius 2 is 2.36 bits per heavy atom. The van der Waals surface area contributed by atoms with Crippen LogP contribution in [0.3, 0.4) is 0 Å². The first-order valence-corrected chi connectivity index (χ1v) is 4.60. The minimum absolute atomic E-state index is 0.0661. The fourth-order valence-electron chi connectivity index (χ4n) is 0.646. The van der Waals surface area contributed by atoms with Crippen LogP contribution in [0.25, 0.3) is 0 Å². The minimum Gasteiger partial charge on any atom is -0.244 e. The van der Waals surface area contributed by atoms with Gasteiger partial charge in [-0.05, 0) is 0 Å². The maximum absolute atomic E-state index is 11.1. The van der Waals surface area contributed by atoms with Crippen LogP contribution in [-0.2, 0) is 10.0 Å². The molecule has 1 aromatic rings. The van der Waals surface area contributed by atoms with Crippen molar-refractivity contribution in [1.29, 1.82) is 0 Å². The molecule has 0 unspecified atom stereocenters. The van der Waals surface area contributed by atoms with E-state index in [2.05, 4.69) is 11.6 Å². The van der Waals surface area contributed by atoms with Crippen molar-refractivity contribution in [2.75, 3.05) is 5.75 Å². The molecule has 11 heavy (non-hydrogen) atoms. The first-order valence-electron chi connectivity index (χ1n) is 2.99. The quantitative estimate of drug-likeness (QED) is 0.614. The van der Waals surface area contributed by atoms with Crippen LogP contribution < -0.4 is 0 Å². The molecule has 1 heterocycles. The highest BCUT2D eigenvalue weighted by atomic mass is 32.2. The van der Waals surface area contributed by atoms with E-state index in [1.54, 1.807) is 0 Å². The maximum Gasteiger partial charge on any atom is 0.243 e. The molecule has 0 N–H and O–H groups in total. The summed E-state index contributed by atoms with van der Waals surface area (Å²) in [6.07, 6.45) is 5.40.